The van der Waals surface area contributed by atoms with Crippen molar-refractivity contribution >= 4 is 27.2 Å². The lowest BCUT2D eigenvalue weighted by Crippen LogP contribution is -2.18. The van der Waals surface area contributed by atoms with Crippen molar-refractivity contribution in [1.29, 1.82) is 0 Å². The van der Waals surface area contributed by atoms with Gasteiger partial charge in [-0.05, 0) is 62.3 Å². The molecular formula is C20H23N3OS. The van der Waals surface area contributed by atoms with Gasteiger partial charge >= 0.3 is 0 Å². The lowest BCUT2D eigenvalue weighted by atomic mass is 9.89. The number of benzene rings is 1. The van der Waals surface area contributed by atoms with Crippen LogP contribution in [0.1, 0.15) is 48.1 Å². The highest BCUT2D eigenvalue weighted by atomic mass is 32.1. The van der Waals surface area contributed by atoms with Crippen LogP contribution in [0.4, 0.5) is 5.69 Å². The second-order valence-corrected chi connectivity index (χ2v) is 8.30. The maximum atomic E-state index is 12.7. The summed E-state index contributed by atoms with van der Waals surface area (Å²) >= 11 is 1.70. The average Bonchev–Trinajstić information content (AvgIpc) is 2.92. The van der Waals surface area contributed by atoms with Crippen molar-refractivity contribution in [3.63, 3.8) is 0 Å². The van der Waals surface area contributed by atoms with Gasteiger partial charge in [-0.3, -0.25) is 4.79 Å². The monoisotopic (exact) mass is 353 g/mol. The minimum absolute atomic E-state index is 0.00458. The zero-order valence-electron chi connectivity index (χ0n) is 14.8. The van der Waals surface area contributed by atoms with E-state index in [2.05, 4.69) is 36.3 Å². The normalized spacial score (nSPS) is 18.1. The van der Waals surface area contributed by atoms with Gasteiger partial charge in [-0.2, -0.15) is 0 Å². The number of H-pyrrole nitrogens is 1. The van der Waals surface area contributed by atoms with E-state index in [0.717, 1.165) is 35.2 Å². The van der Waals surface area contributed by atoms with E-state index in [9.17, 15) is 4.79 Å². The van der Waals surface area contributed by atoms with Gasteiger partial charge in [0.2, 0.25) is 0 Å². The van der Waals surface area contributed by atoms with Crippen molar-refractivity contribution in [2.75, 3.05) is 5.32 Å². The van der Waals surface area contributed by atoms with Crippen LogP contribution in [0.3, 0.4) is 0 Å². The second-order valence-electron chi connectivity index (χ2n) is 7.22. The van der Waals surface area contributed by atoms with E-state index in [0.29, 0.717) is 11.7 Å². The first-order valence-electron chi connectivity index (χ1n) is 8.89. The molecule has 25 heavy (non-hydrogen) atoms. The third kappa shape index (κ3) is 3.09. The van der Waals surface area contributed by atoms with Crippen LogP contribution in [0.2, 0.25) is 0 Å². The molecule has 130 valence electrons. The van der Waals surface area contributed by atoms with Crippen molar-refractivity contribution in [3.8, 4) is 0 Å². The summed E-state index contributed by atoms with van der Waals surface area (Å²) in [7, 11) is 0. The summed E-state index contributed by atoms with van der Waals surface area (Å²) < 4.78 is 0. The molecule has 2 N–H and O–H groups in total. The Morgan fingerprint density at radius 3 is 3.04 bits per heavy atom. The molecule has 3 aromatic rings. The van der Waals surface area contributed by atoms with E-state index in [4.69, 9.17) is 4.98 Å². The van der Waals surface area contributed by atoms with Gasteiger partial charge in [-0.15, -0.1) is 11.3 Å². The van der Waals surface area contributed by atoms with Gasteiger partial charge < -0.3 is 10.3 Å². The fourth-order valence-corrected chi connectivity index (χ4v) is 5.01. The molecule has 1 aromatic carbocycles. The third-order valence-corrected chi connectivity index (χ3v) is 6.14. The molecule has 0 aliphatic heterocycles. The molecule has 1 aliphatic carbocycles. The molecule has 4 rings (SSSR count). The SMILES string of the molecule is Cc1cccc(N[C@@H](C)c2nc3sc4c(c3c(=O)[nH]2)CC[C@H](C)C4)c1. The Labute approximate surface area is 151 Å². The summed E-state index contributed by atoms with van der Waals surface area (Å²) in [6.07, 6.45) is 3.23. The molecule has 0 fully saturated rings. The minimum atomic E-state index is -0.0584. The summed E-state index contributed by atoms with van der Waals surface area (Å²) in [4.78, 5) is 22.7. The first kappa shape index (κ1) is 16.3. The number of nitrogens with one attached hydrogen (secondary N) is 2. The average molecular weight is 353 g/mol. The number of aromatic nitrogens is 2. The molecule has 0 spiro atoms. The number of fused-ring (bicyclic) bond motifs is 3. The lowest BCUT2D eigenvalue weighted by Gasteiger charge is -2.17. The Bertz CT molecular complexity index is 988. The van der Waals surface area contributed by atoms with Crippen LogP contribution in [-0.2, 0) is 12.8 Å². The maximum Gasteiger partial charge on any atom is 0.259 e. The summed E-state index contributed by atoms with van der Waals surface area (Å²) in [5.74, 6) is 1.40. The number of rotatable bonds is 3. The number of anilines is 1. The topological polar surface area (TPSA) is 57.8 Å². The van der Waals surface area contributed by atoms with E-state index < -0.39 is 0 Å². The van der Waals surface area contributed by atoms with Crippen LogP contribution in [0.5, 0.6) is 0 Å². The summed E-state index contributed by atoms with van der Waals surface area (Å²) in [5, 5.41) is 4.25. The highest BCUT2D eigenvalue weighted by molar-refractivity contribution is 7.18. The Kier molecular flexibility index (Phi) is 4.12. The predicted octanol–water partition coefficient (Wildman–Crippen LogP) is 4.59. The van der Waals surface area contributed by atoms with Gasteiger partial charge in [0.15, 0.2) is 0 Å². The molecule has 1 aliphatic rings. The number of nitrogens with zero attached hydrogens (tertiary/aromatic N) is 1. The second kappa shape index (κ2) is 6.30. The lowest BCUT2D eigenvalue weighted by molar-refractivity contribution is 0.509. The highest BCUT2D eigenvalue weighted by Crippen LogP contribution is 2.35. The molecular weight excluding hydrogens is 330 g/mol. The van der Waals surface area contributed by atoms with E-state index in [1.165, 1.54) is 16.0 Å². The molecule has 4 nitrogen and oxygen atoms in total. The fraction of sp³-hybridized carbons (Fsp3) is 0.400. The van der Waals surface area contributed by atoms with Crippen LogP contribution < -0.4 is 10.9 Å². The Hall–Kier alpha value is -2.14. The van der Waals surface area contributed by atoms with Crippen molar-refractivity contribution in [2.45, 2.75) is 46.1 Å². The van der Waals surface area contributed by atoms with Gasteiger partial charge in [0.05, 0.1) is 11.4 Å². The van der Waals surface area contributed by atoms with Gasteiger partial charge in [0.25, 0.3) is 5.56 Å². The summed E-state index contributed by atoms with van der Waals surface area (Å²) in [6.45, 7) is 6.38. The molecule has 0 amide bonds. The predicted molar refractivity (Wildman–Crippen MR) is 105 cm³/mol. The first-order valence-corrected chi connectivity index (χ1v) is 9.70. The summed E-state index contributed by atoms with van der Waals surface area (Å²) in [6, 6.07) is 8.17. The van der Waals surface area contributed by atoms with Gasteiger partial charge in [-0.1, -0.05) is 19.1 Å². The van der Waals surface area contributed by atoms with Crippen molar-refractivity contribution in [3.05, 3.63) is 56.4 Å². The number of hydrogen-bond donors (Lipinski definition) is 2. The Balaban J connectivity index is 1.70. The van der Waals surface area contributed by atoms with Crippen LogP contribution in [0.25, 0.3) is 10.2 Å². The van der Waals surface area contributed by atoms with E-state index in [1.807, 2.05) is 19.1 Å². The van der Waals surface area contributed by atoms with Crippen molar-refractivity contribution in [2.24, 2.45) is 5.92 Å². The molecule has 0 saturated carbocycles. The largest absolute Gasteiger partial charge is 0.375 e. The number of hydrogen-bond acceptors (Lipinski definition) is 4. The first-order chi connectivity index (χ1) is 12.0. The van der Waals surface area contributed by atoms with Crippen LogP contribution in [0, 0.1) is 12.8 Å². The quantitative estimate of drug-likeness (QED) is 0.724. The molecule has 5 heteroatoms. The Morgan fingerprint density at radius 2 is 2.24 bits per heavy atom. The molecule has 2 heterocycles. The number of aromatic amines is 1. The smallest absolute Gasteiger partial charge is 0.259 e. The van der Waals surface area contributed by atoms with Gasteiger partial charge in [0.1, 0.15) is 10.7 Å². The minimum Gasteiger partial charge on any atom is -0.375 e. The summed E-state index contributed by atoms with van der Waals surface area (Å²) in [5.41, 5.74) is 3.48. The van der Waals surface area contributed by atoms with Crippen LogP contribution in [-0.4, -0.2) is 9.97 Å². The van der Waals surface area contributed by atoms with Crippen molar-refractivity contribution in [1.82, 2.24) is 9.97 Å². The van der Waals surface area contributed by atoms with Gasteiger partial charge in [-0.25, -0.2) is 4.98 Å². The van der Waals surface area contributed by atoms with Crippen LogP contribution in [0.15, 0.2) is 29.1 Å². The highest BCUT2D eigenvalue weighted by Gasteiger charge is 2.23. The van der Waals surface area contributed by atoms with Crippen molar-refractivity contribution < 1.29 is 0 Å². The molecule has 2 aromatic heterocycles. The standard InChI is InChI=1S/C20H23N3OS/c1-11-5-4-6-14(9-11)21-13(3)18-22-19(24)17-15-8-7-12(2)10-16(15)25-20(17)23-18/h4-6,9,12-13,21H,7-8,10H2,1-3H3,(H,22,23,24)/t12-,13-/m0/s1. The van der Waals surface area contributed by atoms with Gasteiger partial charge in [0, 0.05) is 10.6 Å². The molecule has 0 radical (unpaired) electrons. The maximum absolute atomic E-state index is 12.7. The fourth-order valence-electron chi connectivity index (χ4n) is 3.62. The zero-order valence-corrected chi connectivity index (χ0v) is 15.7. The zero-order chi connectivity index (χ0) is 17.6. The molecule has 0 unspecified atom stereocenters. The van der Waals surface area contributed by atoms with E-state index in [1.54, 1.807) is 11.3 Å². The third-order valence-electron chi connectivity index (χ3n) is 5.00. The molecule has 0 saturated heterocycles. The van der Waals surface area contributed by atoms with E-state index >= 15 is 0 Å². The number of thiophene rings is 1. The molecule has 2 atom stereocenters. The number of aryl methyl sites for hydroxylation is 2. The van der Waals surface area contributed by atoms with Crippen LogP contribution >= 0.6 is 11.3 Å². The van der Waals surface area contributed by atoms with E-state index in [-0.39, 0.29) is 11.6 Å². The molecule has 0 bridgehead atoms. The Morgan fingerprint density at radius 1 is 1.40 bits per heavy atom.